The molecule has 0 radical (unpaired) electrons. The molecule has 2 rings (SSSR count). The smallest absolute Gasteiger partial charge is 0.416 e. The van der Waals surface area contributed by atoms with Gasteiger partial charge in [-0.05, 0) is 35.7 Å². The zero-order chi connectivity index (χ0) is 17.7. The quantitative estimate of drug-likeness (QED) is 0.847. The van der Waals surface area contributed by atoms with Gasteiger partial charge in [-0.15, -0.1) is 0 Å². The van der Waals surface area contributed by atoms with Crippen LogP contribution in [0.2, 0.25) is 0 Å². The number of ether oxygens (including phenoxy) is 1. The number of hydrogen-bond donors (Lipinski definition) is 1. The summed E-state index contributed by atoms with van der Waals surface area (Å²) in [6.07, 6.45) is -4.45. The second-order valence-electron chi connectivity index (χ2n) is 5.60. The number of para-hydroxylation sites is 1. The van der Waals surface area contributed by atoms with Gasteiger partial charge in [0.25, 0.3) is 5.91 Å². The van der Waals surface area contributed by atoms with E-state index in [-0.39, 0.29) is 18.3 Å². The highest BCUT2D eigenvalue weighted by Gasteiger charge is 2.30. The Morgan fingerprint density at radius 1 is 1.12 bits per heavy atom. The van der Waals surface area contributed by atoms with Gasteiger partial charge in [0, 0.05) is 5.69 Å². The number of amides is 1. The van der Waals surface area contributed by atoms with Gasteiger partial charge >= 0.3 is 6.18 Å². The molecule has 0 aliphatic heterocycles. The molecular weight excluding hydrogens is 319 g/mol. The van der Waals surface area contributed by atoms with Gasteiger partial charge in [0.2, 0.25) is 0 Å². The first kappa shape index (κ1) is 17.8. The Labute approximate surface area is 138 Å². The molecule has 24 heavy (non-hydrogen) atoms. The van der Waals surface area contributed by atoms with E-state index in [0.717, 1.165) is 17.7 Å². The van der Waals surface area contributed by atoms with Crippen LogP contribution in [0.5, 0.6) is 5.75 Å². The van der Waals surface area contributed by atoms with Gasteiger partial charge in [0.1, 0.15) is 5.75 Å². The van der Waals surface area contributed by atoms with Crippen LogP contribution in [0.1, 0.15) is 30.9 Å². The molecule has 0 spiro atoms. The van der Waals surface area contributed by atoms with Crippen molar-refractivity contribution in [3.8, 4) is 5.75 Å². The minimum absolute atomic E-state index is 0.00267. The van der Waals surface area contributed by atoms with Crippen molar-refractivity contribution >= 4 is 11.6 Å². The highest BCUT2D eigenvalue weighted by molar-refractivity contribution is 5.92. The standard InChI is InChI=1S/C18H18F3NO2/c1-12(2)15-8-3-4-9-16(15)22-17(23)11-24-14-7-5-6-13(10-14)18(19,20)21/h3-10,12H,11H2,1-2H3,(H,22,23). The van der Waals surface area contributed by atoms with E-state index in [1.165, 1.54) is 12.1 Å². The van der Waals surface area contributed by atoms with Crippen LogP contribution in [-0.4, -0.2) is 12.5 Å². The van der Waals surface area contributed by atoms with Crippen LogP contribution in [-0.2, 0) is 11.0 Å². The van der Waals surface area contributed by atoms with Gasteiger partial charge in [-0.25, -0.2) is 0 Å². The fourth-order valence-electron chi connectivity index (χ4n) is 2.21. The van der Waals surface area contributed by atoms with E-state index in [2.05, 4.69) is 5.32 Å². The minimum Gasteiger partial charge on any atom is -0.484 e. The van der Waals surface area contributed by atoms with E-state index in [1.807, 2.05) is 26.0 Å². The van der Waals surface area contributed by atoms with E-state index in [1.54, 1.807) is 12.1 Å². The summed E-state index contributed by atoms with van der Waals surface area (Å²) >= 11 is 0. The molecule has 0 saturated carbocycles. The number of hydrogen-bond acceptors (Lipinski definition) is 2. The summed E-state index contributed by atoms with van der Waals surface area (Å²) in [5, 5.41) is 2.72. The Morgan fingerprint density at radius 2 is 1.83 bits per heavy atom. The topological polar surface area (TPSA) is 38.3 Å². The van der Waals surface area contributed by atoms with Crippen LogP contribution in [0.15, 0.2) is 48.5 Å². The highest BCUT2D eigenvalue weighted by atomic mass is 19.4. The van der Waals surface area contributed by atoms with Crippen molar-refractivity contribution in [1.82, 2.24) is 0 Å². The Kier molecular flexibility index (Phi) is 5.49. The molecule has 2 aromatic carbocycles. The summed E-state index contributed by atoms with van der Waals surface area (Å²) < 4.78 is 43.1. The maximum Gasteiger partial charge on any atom is 0.416 e. The summed E-state index contributed by atoms with van der Waals surface area (Å²) in [7, 11) is 0. The zero-order valence-corrected chi connectivity index (χ0v) is 13.4. The van der Waals surface area contributed by atoms with Crippen molar-refractivity contribution < 1.29 is 22.7 Å². The maximum atomic E-state index is 12.6. The summed E-state index contributed by atoms with van der Waals surface area (Å²) in [4.78, 5) is 12.0. The third-order valence-corrected chi connectivity index (χ3v) is 3.39. The molecule has 2 aromatic rings. The van der Waals surface area contributed by atoms with Gasteiger partial charge in [-0.2, -0.15) is 13.2 Å². The van der Waals surface area contributed by atoms with Crippen LogP contribution >= 0.6 is 0 Å². The summed E-state index contributed by atoms with van der Waals surface area (Å²) in [5.41, 5.74) is 0.834. The first-order valence-corrected chi connectivity index (χ1v) is 7.46. The number of nitrogens with one attached hydrogen (secondary N) is 1. The molecule has 1 N–H and O–H groups in total. The first-order chi connectivity index (χ1) is 11.3. The Hall–Kier alpha value is -2.50. The normalized spacial score (nSPS) is 11.4. The Morgan fingerprint density at radius 3 is 2.50 bits per heavy atom. The van der Waals surface area contributed by atoms with Crippen molar-refractivity contribution in [2.45, 2.75) is 25.9 Å². The second kappa shape index (κ2) is 7.38. The molecule has 6 heteroatoms. The third-order valence-electron chi connectivity index (χ3n) is 3.39. The zero-order valence-electron chi connectivity index (χ0n) is 13.4. The van der Waals surface area contributed by atoms with Crippen LogP contribution in [0.3, 0.4) is 0 Å². The van der Waals surface area contributed by atoms with Crippen molar-refractivity contribution in [3.05, 3.63) is 59.7 Å². The van der Waals surface area contributed by atoms with Crippen LogP contribution < -0.4 is 10.1 Å². The number of anilines is 1. The number of carbonyl (C=O) groups is 1. The predicted octanol–water partition coefficient (Wildman–Crippen LogP) is 4.85. The molecular formula is C18H18F3NO2. The summed E-state index contributed by atoms with van der Waals surface area (Å²) in [5.74, 6) is -0.205. The second-order valence-corrected chi connectivity index (χ2v) is 5.60. The molecule has 0 aromatic heterocycles. The number of alkyl halides is 3. The molecule has 0 fully saturated rings. The lowest BCUT2D eigenvalue weighted by Gasteiger charge is -2.14. The lowest BCUT2D eigenvalue weighted by molar-refractivity contribution is -0.137. The van der Waals surface area contributed by atoms with Gasteiger partial charge in [-0.1, -0.05) is 38.1 Å². The predicted molar refractivity (Wildman–Crippen MR) is 86.1 cm³/mol. The molecule has 1 amide bonds. The Balaban J connectivity index is 2.00. The fraction of sp³-hybridized carbons (Fsp3) is 0.278. The molecule has 0 heterocycles. The average molecular weight is 337 g/mol. The highest BCUT2D eigenvalue weighted by Crippen LogP contribution is 2.31. The average Bonchev–Trinajstić information content (AvgIpc) is 2.53. The van der Waals surface area contributed by atoms with Gasteiger partial charge in [0.15, 0.2) is 6.61 Å². The third kappa shape index (κ3) is 4.75. The lowest BCUT2D eigenvalue weighted by Crippen LogP contribution is -2.21. The van der Waals surface area contributed by atoms with Gasteiger partial charge in [0.05, 0.1) is 5.56 Å². The molecule has 0 bridgehead atoms. The molecule has 0 atom stereocenters. The summed E-state index contributed by atoms with van der Waals surface area (Å²) in [6, 6.07) is 11.8. The first-order valence-electron chi connectivity index (χ1n) is 7.46. The van der Waals surface area contributed by atoms with E-state index in [0.29, 0.717) is 5.69 Å². The summed E-state index contributed by atoms with van der Waals surface area (Å²) in [6.45, 7) is 3.64. The van der Waals surface area contributed by atoms with E-state index < -0.39 is 17.6 Å². The minimum atomic E-state index is -4.45. The maximum absolute atomic E-state index is 12.6. The molecule has 0 aliphatic carbocycles. The Bertz CT molecular complexity index is 711. The molecule has 128 valence electrons. The number of carbonyl (C=O) groups excluding carboxylic acids is 1. The van der Waals surface area contributed by atoms with E-state index >= 15 is 0 Å². The van der Waals surface area contributed by atoms with Crippen molar-refractivity contribution in [1.29, 1.82) is 0 Å². The van der Waals surface area contributed by atoms with Gasteiger partial charge < -0.3 is 10.1 Å². The van der Waals surface area contributed by atoms with Crippen LogP contribution in [0.4, 0.5) is 18.9 Å². The lowest BCUT2D eigenvalue weighted by atomic mass is 10.0. The van der Waals surface area contributed by atoms with E-state index in [9.17, 15) is 18.0 Å². The largest absolute Gasteiger partial charge is 0.484 e. The molecule has 0 saturated heterocycles. The molecule has 0 aliphatic rings. The fourth-order valence-corrected chi connectivity index (χ4v) is 2.21. The van der Waals surface area contributed by atoms with E-state index in [4.69, 9.17) is 4.74 Å². The number of halogens is 3. The van der Waals surface area contributed by atoms with Crippen LogP contribution in [0, 0.1) is 0 Å². The van der Waals surface area contributed by atoms with Crippen molar-refractivity contribution in [3.63, 3.8) is 0 Å². The number of benzene rings is 2. The monoisotopic (exact) mass is 337 g/mol. The van der Waals surface area contributed by atoms with Crippen molar-refractivity contribution in [2.75, 3.05) is 11.9 Å². The molecule has 3 nitrogen and oxygen atoms in total. The van der Waals surface area contributed by atoms with Gasteiger partial charge in [-0.3, -0.25) is 4.79 Å². The molecule has 0 unspecified atom stereocenters. The van der Waals surface area contributed by atoms with Crippen molar-refractivity contribution in [2.24, 2.45) is 0 Å². The number of rotatable bonds is 5. The van der Waals surface area contributed by atoms with Crippen LogP contribution in [0.25, 0.3) is 0 Å². The SMILES string of the molecule is CC(C)c1ccccc1NC(=O)COc1cccc(C(F)(F)F)c1.